The lowest BCUT2D eigenvalue weighted by Gasteiger charge is -2.25. The van der Waals surface area contributed by atoms with Crippen molar-refractivity contribution in [2.45, 2.75) is 26.9 Å². The molecule has 0 fully saturated rings. The summed E-state index contributed by atoms with van der Waals surface area (Å²) in [6.45, 7) is 7.95. The number of anilines is 1. The van der Waals surface area contributed by atoms with E-state index < -0.39 is 6.10 Å². The quantitative estimate of drug-likeness (QED) is 0.908. The maximum atomic E-state index is 9.69. The number of aliphatic hydroxyl groups is 1. The summed E-state index contributed by atoms with van der Waals surface area (Å²) in [5.41, 5.74) is 2.10. The lowest BCUT2D eigenvalue weighted by Crippen LogP contribution is -2.23. The van der Waals surface area contributed by atoms with Crippen LogP contribution in [0.4, 0.5) is 5.69 Å². The molecular weight excluding hydrogens is 254 g/mol. The lowest BCUT2D eigenvalue weighted by molar-refractivity contribution is 0.199. The minimum absolute atomic E-state index is 0.423. The van der Waals surface area contributed by atoms with Gasteiger partial charge in [-0.05, 0) is 32.9 Å². The lowest BCUT2D eigenvalue weighted by atomic mass is 10.1. The minimum Gasteiger partial charge on any atom is -0.389 e. The number of nitrogens with zero attached hydrogens (tertiary/aromatic N) is 1. The molecule has 0 saturated carbocycles. The van der Waals surface area contributed by atoms with Crippen molar-refractivity contribution in [3.63, 3.8) is 0 Å². The van der Waals surface area contributed by atoms with Crippen LogP contribution in [0, 0.1) is 0 Å². The fraction of sp³-hybridized carbons (Fsp3) is 0.500. The van der Waals surface area contributed by atoms with Gasteiger partial charge in [0.2, 0.25) is 0 Å². The van der Waals surface area contributed by atoms with Gasteiger partial charge in [0.1, 0.15) is 0 Å². The predicted octanol–water partition coefficient (Wildman–Crippen LogP) is 3.35. The third-order valence-electron chi connectivity index (χ3n) is 2.55. The summed E-state index contributed by atoms with van der Waals surface area (Å²) in [5.74, 6) is 0. The van der Waals surface area contributed by atoms with Gasteiger partial charge in [0.15, 0.2) is 0 Å². The Balaban J connectivity index is 3.16. The third-order valence-corrected chi connectivity index (χ3v) is 3.04. The van der Waals surface area contributed by atoms with Crippen LogP contribution in [0.25, 0.3) is 0 Å². The number of hydrogen-bond acceptors (Lipinski definition) is 2. The van der Waals surface area contributed by atoms with Crippen LogP contribution in [0.3, 0.4) is 0 Å². The standard InChI is InChI=1S/C12H18BrNO/c1-4-14(5-2)12-8-10(13)6-7-11(12)9(3)15/h6-9,15H,4-5H2,1-3H3. The highest BCUT2D eigenvalue weighted by molar-refractivity contribution is 9.10. The SMILES string of the molecule is CCN(CC)c1cc(Br)ccc1C(C)O. The highest BCUT2D eigenvalue weighted by Gasteiger charge is 2.12. The fourth-order valence-electron chi connectivity index (χ4n) is 1.71. The highest BCUT2D eigenvalue weighted by Crippen LogP contribution is 2.29. The molecule has 15 heavy (non-hydrogen) atoms. The maximum Gasteiger partial charge on any atom is 0.0782 e. The zero-order valence-corrected chi connectivity index (χ0v) is 11.1. The van der Waals surface area contributed by atoms with Gasteiger partial charge in [-0.15, -0.1) is 0 Å². The molecule has 1 rings (SSSR count). The minimum atomic E-state index is -0.423. The summed E-state index contributed by atoms with van der Waals surface area (Å²) in [4.78, 5) is 2.24. The van der Waals surface area contributed by atoms with E-state index >= 15 is 0 Å². The molecule has 0 spiro atoms. The number of halogens is 1. The van der Waals surface area contributed by atoms with Crippen molar-refractivity contribution in [3.8, 4) is 0 Å². The zero-order valence-electron chi connectivity index (χ0n) is 9.50. The van der Waals surface area contributed by atoms with Gasteiger partial charge in [0.05, 0.1) is 6.10 Å². The smallest absolute Gasteiger partial charge is 0.0782 e. The van der Waals surface area contributed by atoms with Crippen LogP contribution in [0.2, 0.25) is 0 Å². The van der Waals surface area contributed by atoms with E-state index in [1.54, 1.807) is 6.92 Å². The molecule has 0 aliphatic rings. The molecule has 84 valence electrons. The number of aliphatic hydroxyl groups excluding tert-OH is 1. The Bertz CT molecular complexity index is 321. The molecule has 3 heteroatoms. The van der Waals surface area contributed by atoms with Gasteiger partial charge >= 0.3 is 0 Å². The molecule has 0 aliphatic carbocycles. The highest BCUT2D eigenvalue weighted by atomic mass is 79.9. The maximum absolute atomic E-state index is 9.69. The molecular formula is C12H18BrNO. The molecule has 0 aliphatic heterocycles. The molecule has 0 radical (unpaired) electrons. The molecule has 1 N–H and O–H groups in total. The second-order valence-electron chi connectivity index (χ2n) is 3.55. The van der Waals surface area contributed by atoms with Crippen molar-refractivity contribution in [3.05, 3.63) is 28.2 Å². The van der Waals surface area contributed by atoms with Crippen molar-refractivity contribution >= 4 is 21.6 Å². The Hall–Kier alpha value is -0.540. The first-order chi connectivity index (χ1) is 7.10. The fourth-order valence-corrected chi connectivity index (χ4v) is 2.06. The third kappa shape index (κ3) is 2.95. The first-order valence-electron chi connectivity index (χ1n) is 5.32. The van der Waals surface area contributed by atoms with Crippen molar-refractivity contribution < 1.29 is 5.11 Å². The molecule has 1 aromatic rings. The second kappa shape index (κ2) is 5.52. The van der Waals surface area contributed by atoms with E-state index in [0.29, 0.717) is 0 Å². The Labute approximate surface area is 100 Å². The second-order valence-corrected chi connectivity index (χ2v) is 4.47. The van der Waals surface area contributed by atoms with Crippen molar-refractivity contribution in [1.29, 1.82) is 0 Å². The molecule has 1 unspecified atom stereocenters. The van der Waals surface area contributed by atoms with Crippen molar-refractivity contribution in [1.82, 2.24) is 0 Å². The van der Waals surface area contributed by atoms with E-state index in [0.717, 1.165) is 28.8 Å². The van der Waals surface area contributed by atoms with E-state index in [1.165, 1.54) is 0 Å². The predicted molar refractivity (Wildman–Crippen MR) is 68.3 cm³/mol. The first kappa shape index (κ1) is 12.5. The van der Waals surface area contributed by atoms with Crippen LogP contribution >= 0.6 is 15.9 Å². The molecule has 2 nitrogen and oxygen atoms in total. The van der Waals surface area contributed by atoms with Crippen molar-refractivity contribution in [2.24, 2.45) is 0 Å². The molecule has 0 aromatic heterocycles. The van der Waals surface area contributed by atoms with Gasteiger partial charge in [-0.2, -0.15) is 0 Å². The molecule has 0 heterocycles. The molecule has 0 saturated heterocycles. The number of rotatable bonds is 4. The molecule has 0 amide bonds. The first-order valence-corrected chi connectivity index (χ1v) is 6.11. The monoisotopic (exact) mass is 271 g/mol. The van der Waals surface area contributed by atoms with Crippen LogP contribution < -0.4 is 4.90 Å². The topological polar surface area (TPSA) is 23.5 Å². The average molecular weight is 272 g/mol. The number of benzene rings is 1. The van der Waals surface area contributed by atoms with Crippen LogP contribution in [-0.2, 0) is 0 Å². The van der Waals surface area contributed by atoms with E-state index in [9.17, 15) is 5.11 Å². The van der Waals surface area contributed by atoms with Gasteiger partial charge in [0, 0.05) is 28.8 Å². The zero-order chi connectivity index (χ0) is 11.4. The summed E-state index contributed by atoms with van der Waals surface area (Å²) in [6.07, 6.45) is -0.423. The Morgan fingerprint density at radius 1 is 1.33 bits per heavy atom. The van der Waals surface area contributed by atoms with Gasteiger partial charge in [-0.25, -0.2) is 0 Å². The average Bonchev–Trinajstić information content (AvgIpc) is 2.19. The van der Waals surface area contributed by atoms with Crippen LogP contribution in [0.15, 0.2) is 22.7 Å². The summed E-state index contributed by atoms with van der Waals surface area (Å²) >= 11 is 3.46. The van der Waals surface area contributed by atoms with Crippen molar-refractivity contribution in [2.75, 3.05) is 18.0 Å². The Kier molecular flexibility index (Phi) is 4.61. The van der Waals surface area contributed by atoms with Gasteiger partial charge in [-0.3, -0.25) is 0 Å². The Morgan fingerprint density at radius 2 is 1.93 bits per heavy atom. The van der Waals surface area contributed by atoms with Gasteiger partial charge < -0.3 is 10.0 Å². The largest absolute Gasteiger partial charge is 0.389 e. The molecule has 1 atom stereocenters. The summed E-state index contributed by atoms with van der Waals surface area (Å²) in [6, 6.07) is 6.01. The Morgan fingerprint density at radius 3 is 2.40 bits per heavy atom. The van der Waals surface area contributed by atoms with Crippen LogP contribution in [0.5, 0.6) is 0 Å². The summed E-state index contributed by atoms with van der Waals surface area (Å²) < 4.78 is 1.05. The number of hydrogen-bond donors (Lipinski definition) is 1. The van der Waals surface area contributed by atoms with E-state index in [2.05, 4.69) is 40.7 Å². The van der Waals surface area contributed by atoms with Gasteiger partial charge in [0.25, 0.3) is 0 Å². The normalized spacial score (nSPS) is 12.6. The molecule has 0 bridgehead atoms. The van der Waals surface area contributed by atoms with Crippen LogP contribution in [0.1, 0.15) is 32.4 Å². The summed E-state index contributed by atoms with van der Waals surface area (Å²) in [5, 5.41) is 9.69. The van der Waals surface area contributed by atoms with E-state index in [1.807, 2.05) is 12.1 Å². The van der Waals surface area contributed by atoms with E-state index in [4.69, 9.17) is 0 Å². The van der Waals surface area contributed by atoms with Gasteiger partial charge in [-0.1, -0.05) is 22.0 Å². The van der Waals surface area contributed by atoms with E-state index in [-0.39, 0.29) is 0 Å². The molecule has 1 aromatic carbocycles. The summed E-state index contributed by atoms with van der Waals surface area (Å²) in [7, 11) is 0. The van der Waals surface area contributed by atoms with Crippen LogP contribution in [-0.4, -0.2) is 18.2 Å².